The first kappa shape index (κ1) is 17.7. The molecular formula is C18H24O5. The van der Waals surface area contributed by atoms with Gasteiger partial charge in [-0.05, 0) is 11.5 Å². The van der Waals surface area contributed by atoms with Gasteiger partial charge in [-0.3, -0.25) is 4.79 Å². The molecule has 126 valence electrons. The van der Waals surface area contributed by atoms with Crippen molar-refractivity contribution in [2.24, 2.45) is 11.8 Å². The molecule has 0 aliphatic carbocycles. The fourth-order valence-corrected chi connectivity index (χ4v) is 2.63. The molecule has 0 spiro atoms. The summed E-state index contributed by atoms with van der Waals surface area (Å²) in [6.07, 6.45) is 0.161. The molecule has 0 saturated carbocycles. The van der Waals surface area contributed by atoms with Crippen LogP contribution in [0.25, 0.3) is 0 Å². The molecule has 2 unspecified atom stereocenters. The average Bonchev–Trinajstić information content (AvgIpc) is 2.58. The number of hydrogen-bond donors (Lipinski definition) is 0. The van der Waals surface area contributed by atoms with Crippen LogP contribution in [0.3, 0.4) is 0 Å². The minimum absolute atomic E-state index is 0.00422. The van der Waals surface area contributed by atoms with Crippen molar-refractivity contribution < 1.29 is 23.7 Å². The lowest BCUT2D eigenvalue weighted by molar-refractivity contribution is -0.323. The molecule has 1 aliphatic heterocycles. The number of hydrogen-bond acceptors (Lipinski definition) is 5. The summed E-state index contributed by atoms with van der Waals surface area (Å²) in [7, 11) is 0. The van der Waals surface area contributed by atoms with E-state index in [0.717, 1.165) is 5.56 Å². The van der Waals surface area contributed by atoms with Crippen LogP contribution in [-0.4, -0.2) is 31.8 Å². The quantitative estimate of drug-likeness (QED) is 0.544. The zero-order valence-electron chi connectivity index (χ0n) is 13.6. The highest BCUT2D eigenvalue weighted by Gasteiger charge is 2.43. The van der Waals surface area contributed by atoms with Crippen LogP contribution in [0.2, 0.25) is 0 Å². The normalized spacial score (nSPS) is 30.6. The van der Waals surface area contributed by atoms with E-state index in [-0.39, 0.29) is 17.9 Å². The highest BCUT2D eigenvalue weighted by atomic mass is 16.8. The monoisotopic (exact) mass is 320 g/mol. The molecule has 0 bridgehead atoms. The standard InChI is InChI=1S/C18H24O5/c1-4-10-20-18-16(21-11-15-8-6-5-7-9-15)13(2)14(3)17(23-18)22-12-19/h4-9,12-14,16-18H,1,10-11H2,2-3H3/t13-,14-,16?,17?,18+/m0/s1. The molecular weight excluding hydrogens is 296 g/mol. The maximum atomic E-state index is 10.6. The molecule has 1 aliphatic rings. The lowest BCUT2D eigenvalue weighted by Gasteiger charge is -2.42. The molecule has 0 radical (unpaired) electrons. The Kier molecular flexibility index (Phi) is 6.77. The van der Waals surface area contributed by atoms with E-state index in [2.05, 4.69) is 6.58 Å². The molecule has 23 heavy (non-hydrogen) atoms. The summed E-state index contributed by atoms with van der Waals surface area (Å²) in [5, 5.41) is 0. The Balaban J connectivity index is 2.05. The van der Waals surface area contributed by atoms with Gasteiger partial charge in [-0.1, -0.05) is 50.3 Å². The maximum absolute atomic E-state index is 10.6. The van der Waals surface area contributed by atoms with Crippen LogP contribution >= 0.6 is 0 Å². The third-order valence-corrected chi connectivity index (χ3v) is 4.17. The second-order valence-electron chi connectivity index (χ2n) is 5.71. The Morgan fingerprint density at radius 3 is 2.52 bits per heavy atom. The van der Waals surface area contributed by atoms with E-state index in [4.69, 9.17) is 18.9 Å². The van der Waals surface area contributed by atoms with Crippen molar-refractivity contribution in [2.75, 3.05) is 6.61 Å². The van der Waals surface area contributed by atoms with Gasteiger partial charge < -0.3 is 18.9 Å². The first-order chi connectivity index (χ1) is 11.2. The third kappa shape index (κ3) is 4.64. The summed E-state index contributed by atoms with van der Waals surface area (Å²) in [5.41, 5.74) is 1.08. The summed E-state index contributed by atoms with van der Waals surface area (Å²) in [6, 6.07) is 9.93. The molecule has 5 atom stereocenters. The maximum Gasteiger partial charge on any atom is 0.295 e. The Morgan fingerprint density at radius 2 is 1.87 bits per heavy atom. The van der Waals surface area contributed by atoms with Crippen molar-refractivity contribution in [3.8, 4) is 0 Å². The number of carbonyl (C=O) groups excluding carboxylic acids is 1. The zero-order valence-corrected chi connectivity index (χ0v) is 13.6. The van der Waals surface area contributed by atoms with Gasteiger partial charge in [-0.15, -0.1) is 6.58 Å². The minimum Gasteiger partial charge on any atom is -0.438 e. The lowest BCUT2D eigenvalue weighted by atomic mass is 9.87. The van der Waals surface area contributed by atoms with E-state index >= 15 is 0 Å². The van der Waals surface area contributed by atoms with Gasteiger partial charge in [-0.2, -0.15) is 0 Å². The molecule has 1 saturated heterocycles. The van der Waals surface area contributed by atoms with Crippen LogP contribution in [0.15, 0.2) is 43.0 Å². The smallest absolute Gasteiger partial charge is 0.295 e. The van der Waals surface area contributed by atoms with Crippen LogP contribution in [0.5, 0.6) is 0 Å². The number of ether oxygens (including phenoxy) is 4. The second kappa shape index (κ2) is 8.82. The molecule has 1 fully saturated rings. The summed E-state index contributed by atoms with van der Waals surface area (Å²) in [5.74, 6) is 0.108. The van der Waals surface area contributed by atoms with Crippen LogP contribution in [-0.2, 0) is 30.3 Å². The Labute approximate surface area is 137 Å². The van der Waals surface area contributed by atoms with Gasteiger partial charge in [0.2, 0.25) is 6.29 Å². The third-order valence-electron chi connectivity index (χ3n) is 4.17. The van der Waals surface area contributed by atoms with Gasteiger partial charge in [0.1, 0.15) is 6.10 Å². The van der Waals surface area contributed by atoms with E-state index in [1.807, 2.05) is 44.2 Å². The fraction of sp³-hybridized carbons (Fsp3) is 0.500. The summed E-state index contributed by atoms with van der Waals surface area (Å²) in [6.45, 7) is 8.88. The summed E-state index contributed by atoms with van der Waals surface area (Å²) in [4.78, 5) is 10.6. The van der Waals surface area contributed by atoms with Gasteiger partial charge in [0.25, 0.3) is 6.47 Å². The van der Waals surface area contributed by atoms with Crippen molar-refractivity contribution in [3.05, 3.63) is 48.6 Å². The zero-order chi connectivity index (χ0) is 16.7. The SMILES string of the molecule is C=CCO[C@@H]1OC(OC=O)[C@@H](C)[C@H](C)C1OCc1ccccc1. The molecule has 1 aromatic carbocycles. The number of carbonyl (C=O) groups is 1. The van der Waals surface area contributed by atoms with Gasteiger partial charge in [-0.25, -0.2) is 0 Å². The van der Waals surface area contributed by atoms with Gasteiger partial charge >= 0.3 is 0 Å². The molecule has 0 amide bonds. The van der Waals surface area contributed by atoms with Crippen LogP contribution in [0, 0.1) is 11.8 Å². The largest absolute Gasteiger partial charge is 0.438 e. The average molecular weight is 320 g/mol. The number of benzene rings is 1. The first-order valence-corrected chi connectivity index (χ1v) is 7.80. The van der Waals surface area contributed by atoms with Crippen LogP contribution < -0.4 is 0 Å². The molecule has 2 rings (SSSR count). The fourth-order valence-electron chi connectivity index (χ4n) is 2.63. The molecule has 0 N–H and O–H groups in total. The molecule has 1 aromatic rings. The van der Waals surface area contributed by atoms with E-state index in [9.17, 15) is 4.79 Å². The van der Waals surface area contributed by atoms with Crippen molar-refractivity contribution in [3.63, 3.8) is 0 Å². The molecule has 0 aromatic heterocycles. The number of rotatable bonds is 8. The lowest BCUT2D eigenvalue weighted by Crippen LogP contribution is -2.52. The van der Waals surface area contributed by atoms with E-state index < -0.39 is 12.6 Å². The molecule has 5 nitrogen and oxygen atoms in total. The summed E-state index contributed by atoms with van der Waals surface area (Å²) >= 11 is 0. The minimum atomic E-state index is -0.631. The second-order valence-corrected chi connectivity index (χ2v) is 5.71. The van der Waals surface area contributed by atoms with Crippen LogP contribution in [0.4, 0.5) is 0 Å². The Hall–Kier alpha value is -1.69. The van der Waals surface area contributed by atoms with Crippen molar-refractivity contribution >= 4 is 6.47 Å². The van der Waals surface area contributed by atoms with Gasteiger partial charge in [0.05, 0.1) is 13.2 Å². The van der Waals surface area contributed by atoms with Crippen molar-refractivity contribution in [1.82, 2.24) is 0 Å². The van der Waals surface area contributed by atoms with E-state index in [1.54, 1.807) is 6.08 Å². The van der Waals surface area contributed by atoms with Crippen molar-refractivity contribution in [1.29, 1.82) is 0 Å². The first-order valence-electron chi connectivity index (χ1n) is 7.80. The van der Waals surface area contributed by atoms with E-state index in [1.165, 1.54) is 0 Å². The van der Waals surface area contributed by atoms with Gasteiger partial charge in [0.15, 0.2) is 6.29 Å². The van der Waals surface area contributed by atoms with Crippen LogP contribution in [0.1, 0.15) is 19.4 Å². The predicted octanol–water partition coefficient (Wildman–Crippen LogP) is 2.90. The summed E-state index contributed by atoms with van der Waals surface area (Å²) < 4.78 is 22.5. The topological polar surface area (TPSA) is 54.0 Å². The van der Waals surface area contributed by atoms with E-state index in [0.29, 0.717) is 19.7 Å². The molecule has 1 heterocycles. The van der Waals surface area contributed by atoms with Crippen molar-refractivity contribution in [2.45, 2.75) is 39.1 Å². The Morgan fingerprint density at radius 1 is 1.13 bits per heavy atom. The predicted molar refractivity (Wildman–Crippen MR) is 85.3 cm³/mol. The van der Waals surface area contributed by atoms with Gasteiger partial charge in [0, 0.05) is 5.92 Å². The highest BCUT2D eigenvalue weighted by molar-refractivity contribution is 5.37. The molecule has 5 heteroatoms. The Bertz CT molecular complexity index is 489. The highest BCUT2D eigenvalue weighted by Crippen LogP contribution is 2.34.